The van der Waals surface area contributed by atoms with E-state index in [0.29, 0.717) is 5.75 Å². The van der Waals surface area contributed by atoms with Crippen LogP contribution in [0.1, 0.15) is 11.1 Å². The molecule has 0 aromatic heterocycles. The molecule has 0 fully saturated rings. The predicted molar refractivity (Wildman–Crippen MR) is 88.1 cm³/mol. The topological polar surface area (TPSA) is 40.5 Å². The summed E-state index contributed by atoms with van der Waals surface area (Å²) in [5.74, 6) is 0.621. The van der Waals surface area contributed by atoms with Crippen molar-refractivity contribution in [2.24, 2.45) is 0 Å². The molecule has 0 aliphatic heterocycles. The molecule has 3 aromatic carbocycles. The Morgan fingerprint density at radius 2 is 1.36 bits per heavy atom. The minimum atomic E-state index is 0.280. The second kappa shape index (κ2) is 4.92. The van der Waals surface area contributed by atoms with Crippen molar-refractivity contribution in [2.45, 2.75) is 12.8 Å². The molecule has 2 N–H and O–H groups in total. The first-order chi connectivity index (χ1) is 10.7. The lowest BCUT2D eigenvalue weighted by atomic mass is 9.82. The van der Waals surface area contributed by atoms with Gasteiger partial charge in [0.15, 0.2) is 0 Å². The number of benzene rings is 3. The molecule has 0 unspecified atom stereocenters. The summed E-state index contributed by atoms with van der Waals surface area (Å²) in [5.41, 5.74) is 6.35. The lowest BCUT2D eigenvalue weighted by molar-refractivity contribution is 0.475. The fourth-order valence-corrected chi connectivity index (χ4v) is 3.14. The van der Waals surface area contributed by atoms with Crippen LogP contribution in [-0.4, -0.2) is 10.2 Å². The van der Waals surface area contributed by atoms with Crippen molar-refractivity contribution < 1.29 is 10.2 Å². The molecule has 108 valence electrons. The smallest absolute Gasteiger partial charge is 0.123 e. The summed E-state index contributed by atoms with van der Waals surface area (Å²) < 4.78 is 0. The number of fused-ring (bicyclic) bond motifs is 1. The molecule has 4 rings (SSSR count). The molecule has 0 saturated heterocycles. The number of phenols is 2. The summed E-state index contributed by atoms with van der Waals surface area (Å²) in [6.07, 6.45) is 2.12. The van der Waals surface area contributed by atoms with Gasteiger partial charge in [0.1, 0.15) is 11.5 Å². The van der Waals surface area contributed by atoms with E-state index in [1.165, 1.54) is 11.1 Å². The van der Waals surface area contributed by atoms with Crippen molar-refractivity contribution in [3.63, 3.8) is 0 Å². The third kappa shape index (κ3) is 1.96. The maximum Gasteiger partial charge on any atom is 0.123 e. The van der Waals surface area contributed by atoms with Gasteiger partial charge in [-0.1, -0.05) is 48.5 Å². The van der Waals surface area contributed by atoms with Gasteiger partial charge in [0.25, 0.3) is 0 Å². The lowest BCUT2D eigenvalue weighted by Gasteiger charge is -2.23. The van der Waals surface area contributed by atoms with Crippen LogP contribution in [-0.2, 0) is 12.8 Å². The Morgan fingerprint density at radius 3 is 2.05 bits per heavy atom. The molecule has 2 heteroatoms. The molecule has 0 saturated carbocycles. The summed E-state index contributed by atoms with van der Waals surface area (Å²) in [7, 11) is 0. The van der Waals surface area contributed by atoms with E-state index in [4.69, 9.17) is 0 Å². The summed E-state index contributed by atoms with van der Waals surface area (Å²) in [6, 6.07) is 19.1. The molecule has 2 nitrogen and oxygen atoms in total. The van der Waals surface area contributed by atoms with Gasteiger partial charge in [-0.2, -0.15) is 0 Å². The van der Waals surface area contributed by atoms with Crippen LogP contribution in [0, 0.1) is 0 Å². The van der Waals surface area contributed by atoms with E-state index in [1.807, 2.05) is 48.5 Å². The van der Waals surface area contributed by atoms with Crippen LogP contribution in [0.3, 0.4) is 0 Å². The van der Waals surface area contributed by atoms with Crippen LogP contribution < -0.4 is 0 Å². The number of aromatic hydroxyl groups is 2. The van der Waals surface area contributed by atoms with Crippen LogP contribution in [0.5, 0.6) is 11.5 Å². The zero-order valence-electron chi connectivity index (χ0n) is 12.1. The van der Waals surface area contributed by atoms with Crippen LogP contribution in [0.2, 0.25) is 0 Å². The van der Waals surface area contributed by atoms with E-state index in [9.17, 15) is 10.2 Å². The number of rotatable bonds is 2. The van der Waals surface area contributed by atoms with E-state index in [2.05, 4.69) is 0 Å². The number of phenolic OH excluding ortho intramolecular Hbond substituents is 2. The summed E-state index contributed by atoms with van der Waals surface area (Å²) >= 11 is 0. The number of para-hydroxylation sites is 1. The summed E-state index contributed by atoms with van der Waals surface area (Å²) in [4.78, 5) is 0. The maximum atomic E-state index is 10.2. The van der Waals surface area contributed by atoms with Gasteiger partial charge in [-0.3, -0.25) is 0 Å². The van der Waals surface area contributed by atoms with Crippen LogP contribution in [0.4, 0.5) is 0 Å². The molecule has 0 heterocycles. The Kier molecular flexibility index (Phi) is 2.90. The fourth-order valence-electron chi connectivity index (χ4n) is 3.14. The van der Waals surface area contributed by atoms with Gasteiger partial charge >= 0.3 is 0 Å². The van der Waals surface area contributed by atoms with Gasteiger partial charge in [-0.25, -0.2) is 0 Å². The Hall–Kier alpha value is -2.74. The monoisotopic (exact) mass is 288 g/mol. The van der Waals surface area contributed by atoms with Crippen molar-refractivity contribution in [1.82, 2.24) is 0 Å². The standard InChI is InChI=1S/C20H16O2/c21-18-4-2-1-3-16(18)13-5-7-15(8-6-13)20-17-11-9-14(17)10-12-19(20)22/h1-8,10,12,21-22H,9,11H2. The second-order valence-electron chi connectivity index (χ2n) is 5.69. The Morgan fingerprint density at radius 1 is 0.636 bits per heavy atom. The van der Waals surface area contributed by atoms with Crippen LogP contribution in [0.25, 0.3) is 22.3 Å². The van der Waals surface area contributed by atoms with Crippen molar-refractivity contribution in [1.29, 1.82) is 0 Å². The van der Waals surface area contributed by atoms with Crippen molar-refractivity contribution in [3.05, 3.63) is 71.8 Å². The van der Waals surface area contributed by atoms with Gasteiger partial charge in [0.05, 0.1) is 0 Å². The van der Waals surface area contributed by atoms with Crippen molar-refractivity contribution in [2.75, 3.05) is 0 Å². The van der Waals surface area contributed by atoms with Crippen molar-refractivity contribution >= 4 is 0 Å². The first-order valence-electron chi connectivity index (χ1n) is 7.46. The lowest BCUT2D eigenvalue weighted by Crippen LogP contribution is -2.09. The summed E-state index contributed by atoms with van der Waals surface area (Å²) in [6.45, 7) is 0. The van der Waals surface area contributed by atoms with Gasteiger partial charge in [0, 0.05) is 11.1 Å². The van der Waals surface area contributed by atoms with Gasteiger partial charge in [-0.05, 0) is 47.2 Å². The van der Waals surface area contributed by atoms with E-state index in [-0.39, 0.29) is 5.75 Å². The molecule has 0 radical (unpaired) electrons. The third-order valence-corrected chi connectivity index (χ3v) is 4.42. The largest absolute Gasteiger partial charge is 0.507 e. The second-order valence-corrected chi connectivity index (χ2v) is 5.69. The minimum absolute atomic E-state index is 0.280. The predicted octanol–water partition coefficient (Wildman–Crippen LogP) is 4.53. The molecule has 0 amide bonds. The van der Waals surface area contributed by atoms with E-state index in [1.54, 1.807) is 12.1 Å². The zero-order valence-corrected chi connectivity index (χ0v) is 12.1. The molecule has 1 aliphatic rings. The Bertz CT molecular complexity index is 848. The highest BCUT2D eigenvalue weighted by Gasteiger charge is 2.20. The number of aryl methyl sites for hydroxylation is 1. The average molecular weight is 288 g/mol. The Labute approximate surface area is 129 Å². The normalized spacial score (nSPS) is 12.5. The fraction of sp³-hybridized carbons (Fsp3) is 0.100. The van der Waals surface area contributed by atoms with Crippen LogP contribution >= 0.6 is 0 Å². The maximum absolute atomic E-state index is 10.2. The van der Waals surface area contributed by atoms with Gasteiger partial charge in [0.2, 0.25) is 0 Å². The minimum Gasteiger partial charge on any atom is -0.507 e. The molecule has 0 bridgehead atoms. The highest BCUT2D eigenvalue weighted by Crippen LogP contribution is 2.40. The van der Waals surface area contributed by atoms with E-state index < -0.39 is 0 Å². The quantitative estimate of drug-likeness (QED) is 0.727. The molecule has 3 aromatic rings. The average Bonchev–Trinajstić information content (AvgIpc) is 2.51. The van der Waals surface area contributed by atoms with Crippen molar-refractivity contribution in [3.8, 4) is 33.8 Å². The molecule has 22 heavy (non-hydrogen) atoms. The number of hydrogen-bond donors (Lipinski definition) is 2. The first-order valence-corrected chi connectivity index (χ1v) is 7.46. The zero-order chi connectivity index (χ0) is 15.1. The Balaban J connectivity index is 1.78. The van der Waals surface area contributed by atoms with Gasteiger partial charge < -0.3 is 10.2 Å². The highest BCUT2D eigenvalue weighted by molar-refractivity contribution is 5.79. The molecule has 0 atom stereocenters. The third-order valence-electron chi connectivity index (χ3n) is 4.42. The molecular weight excluding hydrogens is 272 g/mol. The van der Waals surface area contributed by atoms with Gasteiger partial charge in [-0.15, -0.1) is 0 Å². The SMILES string of the molecule is Oc1ccccc1-c1ccc(-c2c(O)ccc3c2CC3)cc1. The van der Waals surface area contributed by atoms with E-state index >= 15 is 0 Å². The first kappa shape index (κ1) is 13.0. The van der Waals surface area contributed by atoms with E-state index in [0.717, 1.165) is 35.1 Å². The number of hydrogen-bond acceptors (Lipinski definition) is 2. The summed E-state index contributed by atoms with van der Waals surface area (Å²) in [5, 5.41) is 20.1. The molecular formula is C20H16O2. The molecule has 0 spiro atoms. The molecule has 1 aliphatic carbocycles. The van der Waals surface area contributed by atoms with Crippen LogP contribution in [0.15, 0.2) is 60.7 Å². The highest BCUT2D eigenvalue weighted by atomic mass is 16.3.